The quantitative estimate of drug-likeness (QED) is 0.693. The molecular formula is C22H26ClN3O2. The van der Waals surface area contributed by atoms with Crippen molar-refractivity contribution in [3.63, 3.8) is 0 Å². The van der Waals surface area contributed by atoms with Crippen LogP contribution in [0.5, 0.6) is 0 Å². The summed E-state index contributed by atoms with van der Waals surface area (Å²) in [5.41, 5.74) is 6.00. The molecule has 0 spiro atoms. The van der Waals surface area contributed by atoms with Crippen LogP contribution in [0.15, 0.2) is 42.5 Å². The molecule has 28 heavy (non-hydrogen) atoms. The van der Waals surface area contributed by atoms with Gasteiger partial charge in [0.05, 0.1) is 5.92 Å². The Labute approximate surface area is 171 Å². The molecule has 2 amide bonds. The number of carbonyl (C=O) groups excluding carboxylic acids is 2. The fourth-order valence-corrected chi connectivity index (χ4v) is 3.93. The summed E-state index contributed by atoms with van der Waals surface area (Å²) in [6, 6.07) is 14.8. The summed E-state index contributed by atoms with van der Waals surface area (Å²) in [5, 5.41) is 6.03. The third-order valence-corrected chi connectivity index (χ3v) is 5.66. The first-order valence-electron chi connectivity index (χ1n) is 9.53. The maximum Gasteiger partial charge on any atom is 0.227 e. The number of rotatable bonds is 5. The SMILES string of the molecule is CNC(C)CNC(=O)C1CC(=O)N(c2ccc3c(c2)Cc2ccccc2-3)C1.Cl. The van der Waals surface area contributed by atoms with E-state index in [1.54, 1.807) is 4.90 Å². The summed E-state index contributed by atoms with van der Waals surface area (Å²) < 4.78 is 0. The minimum absolute atomic E-state index is 0. The second-order valence-corrected chi connectivity index (χ2v) is 7.52. The lowest BCUT2D eigenvalue weighted by atomic mass is 10.1. The first-order valence-corrected chi connectivity index (χ1v) is 9.53. The van der Waals surface area contributed by atoms with Gasteiger partial charge < -0.3 is 15.5 Å². The summed E-state index contributed by atoms with van der Waals surface area (Å²) in [6.45, 7) is 3.02. The highest BCUT2D eigenvalue weighted by Crippen LogP contribution is 2.39. The number of nitrogens with one attached hydrogen (secondary N) is 2. The molecule has 1 fully saturated rings. The number of nitrogens with zero attached hydrogens (tertiary/aromatic N) is 1. The van der Waals surface area contributed by atoms with E-state index in [4.69, 9.17) is 0 Å². The molecule has 1 aliphatic heterocycles. The van der Waals surface area contributed by atoms with Crippen molar-refractivity contribution >= 4 is 29.9 Å². The first kappa shape index (κ1) is 20.4. The van der Waals surface area contributed by atoms with Gasteiger partial charge in [0, 0.05) is 31.2 Å². The number of halogens is 1. The molecule has 6 heteroatoms. The van der Waals surface area contributed by atoms with E-state index in [9.17, 15) is 9.59 Å². The lowest BCUT2D eigenvalue weighted by Crippen LogP contribution is -2.40. The molecular weight excluding hydrogens is 374 g/mol. The van der Waals surface area contributed by atoms with Crippen LogP contribution in [0.1, 0.15) is 24.5 Å². The maximum atomic E-state index is 12.5. The molecule has 0 saturated carbocycles. The van der Waals surface area contributed by atoms with Gasteiger partial charge in [-0.15, -0.1) is 12.4 Å². The Kier molecular flexibility index (Phi) is 6.06. The van der Waals surface area contributed by atoms with E-state index in [2.05, 4.69) is 47.0 Å². The largest absolute Gasteiger partial charge is 0.354 e. The highest BCUT2D eigenvalue weighted by molar-refractivity contribution is 6.00. The van der Waals surface area contributed by atoms with Gasteiger partial charge in [-0.3, -0.25) is 9.59 Å². The minimum atomic E-state index is -0.285. The number of anilines is 1. The fraction of sp³-hybridized carbons (Fsp3) is 0.364. The van der Waals surface area contributed by atoms with Gasteiger partial charge in [0.25, 0.3) is 0 Å². The zero-order chi connectivity index (χ0) is 19.0. The topological polar surface area (TPSA) is 61.4 Å². The van der Waals surface area contributed by atoms with Gasteiger partial charge in [-0.2, -0.15) is 0 Å². The van der Waals surface area contributed by atoms with Gasteiger partial charge in [-0.1, -0.05) is 30.3 Å². The lowest BCUT2D eigenvalue weighted by Gasteiger charge is -2.18. The smallest absolute Gasteiger partial charge is 0.227 e. The number of hydrogen-bond donors (Lipinski definition) is 2. The van der Waals surface area contributed by atoms with Crippen LogP contribution in [0.2, 0.25) is 0 Å². The van der Waals surface area contributed by atoms with Gasteiger partial charge >= 0.3 is 0 Å². The third-order valence-electron chi connectivity index (χ3n) is 5.66. The van der Waals surface area contributed by atoms with Crippen molar-refractivity contribution in [2.45, 2.75) is 25.8 Å². The Bertz CT molecular complexity index is 899. The number of hydrogen-bond acceptors (Lipinski definition) is 3. The van der Waals surface area contributed by atoms with Crippen LogP contribution < -0.4 is 15.5 Å². The Morgan fingerprint density at radius 3 is 2.71 bits per heavy atom. The molecule has 148 valence electrons. The Hall–Kier alpha value is -2.37. The molecule has 1 aliphatic carbocycles. The van der Waals surface area contributed by atoms with Crippen molar-refractivity contribution in [1.29, 1.82) is 0 Å². The monoisotopic (exact) mass is 399 g/mol. The molecule has 2 N–H and O–H groups in total. The van der Waals surface area contributed by atoms with Gasteiger partial charge in [-0.05, 0) is 54.8 Å². The molecule has 4 rings (SSSR count). The van der Waals surface area contributed by atoms with E-state index in [1.165, 1.54) is 22.3 Å². The van der Waals surface area contributed by atoms with Crippen LogP contribution in [0, 0.1) is 5.92 Å². The Balaban J connectivity index is 0.00000225. The molecule has 5 nitrogen and oxygen atoms in total. The number of amides is 2. The molecule has 1 heterocycles. The van der Waals surface area contributed by atoms with Gasteiger partial charge in [-0.25, -0.2) is 0 Å². The second-order valence-electron chi connectivity index (χ2n) is 7.52. The maximum absolute atomic E-state index is 12.5. The molecule has 2 aromatic rings. The van der Waals surface area contributed by atoms with Crippen LogP contribution in [0.25, 0.3) is 11.1 Å². The summed E-state index contributed by atoms with van der Waals surface area (Å²) in [4.78, 5) is 26.7. The lowest BCUT2D eigenvalue weighted by molar-refractivity contribution is -0.126. The van der Waals surface area contributed by atoms with Crippen molar-refractivity contribution in [1.82, 2.24) is 10.6 Å². The van der Waals surface area contributed by atoms with E-state index >= 15 is 0 Å². The molecule has 0 radical (unpaired) electrons. The van der Waals surface area contributed by atoms with E-state index < -0.39 is 0 Å². The van der Waals surface area contributed by atoms with Crippen LogP contribution in [-0.2, 0) is 16.0 Å². The standard InChI is InChI=1S/C22H25N3O2.ClH/c1-14(23-2)12-24-22(27)17-11-21(26)25(13-17)18-7-8-20-16(10-18)9-15-5-3-4-6-19(15)20;/h3-8,10,14,17,23H,9,11-13H2,1-2H3,(H,24,27);1H. The van der Waals surface area contributed by atoms with Gasteiger partial charge in [0.1, 0.15) is 0 Å². The predicted molar refractivity (Wildman–Crippen MR) is 114 cm³/mol. The molecule has 1 saturated heterocycles. The van der Waals surface area contributed by atoms with E-state index in [0.29, 0.717) is 13.1 Å². The van der Waals surface area contributed by atoms with Crippen molar-refractivity contribution in [2.75, 3.05) is 25.0 Å². The molecule has 2 unspecified atom stereocenters. The molecule has 2 atom stereocenters. The highest BCUT2D eigenvalue weighted by atomic mass is 35.5. The van der Waals surface area contributed by atoms with Crippen LogP contribution in [0.4, 0.5) is 5.69 Å². The average Bonchev–Trinajstić information content (AvgIpc) is 3.25. The van der Waals surface area contributed by atoms with E-state index in [0.717, 1.165) is 12.1 Å². The normalized spacial score (nSPS) is 18.3. The van der Waals surface area contributed by atoms with Crippen LogP contribution >= 0.6 is 12.4 Å². The zero-order valence-electron chi connectivity index (χ0n) is 16.2. The van der Waals surface area contributed by atoms with Crippen LogP contribution in [0.3, 0.4) is 0 Å². The second kappa shape index (κ2) is 8.33. The number of carbonyl (C=O) groups is 2. The highest BCUT2D eigenvalue weighted by Gasteiger charge is 2.35. The van der Waals surface area contributed by atoms with E-state index in [1.807, 2.05) is 20.0 Å². The van der Waals surface area contributed by atoms with Crippen molar-refractivity contribution < 1.29 is 9.59 Å². The number of likely N-dealkylation sites (N-methyl/N-ethyl adjacent to an activating group) is 1. The van der Waals surface area contributed by atoms with Crippen molar-refractivity contribution in [3.8, 4) is 11.1 Å². The summed E-state index contributed by atoms with van der Waals surface area (Å²) in [7, 11) is 1.86. The number of fused-ring (bicyclic) bond motifs is 3. The molecule has 2 aliphatic rings. The summed E-state index contributed by atoms with van der Waals surface area (Å²) in [5.74, 6) is -0.305. The van der Waals surface area contributed by atoms with Gasteiger partial charge in [0.2, 0.25) is 11.8 Å². The summed E-state index contributed by atoms with van der Waals surface area (Å²) >= 11 is 0. The van der Waals surface area contributed by atoms with E-state index in [-0.39, 0.29) is 42.6 Å². The van der Waals surface area contributed by atoms with Crippen molar-refractivity contribution in [2.24, 2.45) is 5.92 Å². The minimum Gasteiger partial charge on any atom is -0.354 e. The van der Waals surface area contributed by atoms with Gasteiger partial charge in [0.15, 0.2) is 0 Å². The Morgan fingerprint density at radius 1 is 1.18 bits per heavy atom. The summed E-state index contributed by atoms with van der Waals surface area (Å²) in [6.07, 6.45) is 1.17. The van der Waals surface area contributed by atoms with Crippen LogP contribution in [-0.4, -0.2) is 38.0 Å². The average molecular weight is 400 g/mol. The Morgan fingerprint density at radius 2 is 1.93 bits per heavy atom. The molecule has 0 aromatic heterocycles. The first-order chi connectivity index (χ1) is 13.1. The predicted octanol–water partition coefficient (Wildman–Crippen LogP) is 2.76. The third kappa shape index (κ3) is 3.77. The van der Waals surface area contributed by atoms with Crippen molar-refractivity contribution in [3.05, 3.63) is 53.6 Å². The zero-order valence-corrected chi connectivity index (χ0v) is 17.0. The fourth-order valence-electron chi connectivity index (χ4n) is 3.93. The molecule has 2 aromatic carbocycles. The molecule has 0 bridgehead atoms. The number of benzene rings is 2.